The van der Waals surface area contributed by atoms with Crippen LogP contribution in [0.3, 0.4) is 0 Å². The maximum Gasteiger partial charge on any atom is 0.328 e. The van der Waals surface area contributed by atoms with Crippen LogP contribution in [0.25, 0.3) is 0 Å². The average molecular weight is 287 g/mol. The summed E-state index contributed by atoms with van der Waals surface area (Å²) in [6.07, 6.45) is 0.0254. The van der Waals surface area contributed by atoms with Gasteiger partial charge in [-0.15, -0.1) is 0 Å². The molecule has 1 aromatic rings. The highest BCUT2D eigenvalue weighted by molar-refractivity contribution is 5.81. The third-order valence-corrected chi connectivity index (χ3v) is 3.26. The molecule has 9 heteroatoms. The highest BCUT2D eigenvalue weighted by Crippen LogP contribution is 2.35. The minimum atomic E-state index is -1.59. The molecular formula is C11H11F2N3O4. The van der Waals surface area contributed by atoms with Crippen molar-refractivity contribution in [3.63, 3.8) is 0 Å². The van der Waals surface area contributed by atoms with Crippen LogP contribution in [0.4, 0.5) is 20.2 Å². The minimum Gasteiger partial charge on any atom is -0.480 e. The highest BCUT2D eigenvalue weighted by atomic mass is 19.1. The molecule has 0 aliphatic carbocycles. The van der Waals surface area contributed by atoms with Crippen molar-refractivity contribution >= 4 is 17.3 Å². The summed E-state index contributed by atoms with van der Waals surface area (Å²) in [5.41, 5.74) is 2.85. The molecule has 1 saturated heterocycles. The van der Waals surface area contributed by atoms with Gasteiger partial charge in [0.05, 0.1) is 4.92 Å². The number of carboxylic acid groups (broad SMARTS) is 1. The van der Waals surface area contributed by atoms with Gasteiger partial charge in [0.15, 0.2) is 0 Å². The summed E-state index contributed by atoms with van der Waals surface area (Å²) in [5.74, 6) is -3.55. The molecule has 0 saturated carbocycles. The van der Waals surface area contributed by atoms with Gasteiger partial charge in [-0.2, -0.15) is 4.39 Å². The smallest absolute Gasteiger partial charge is 0.328 e. The SMILES string of the molecule is NC1(C(=O)O)CCN(c2cc(F)cc(F)c2[N+](=O)[O-])C1. The van der Waals surface area contributed by atoms with Crippen LogP contribution in [0.15, 0.2) is 12.1 Å². The van der Waals surface area contributed by atoms with Crippen LogP contribution in [-0.2, 0) is 4.79 Å². The lowest BCUT2D eigenvalue weighted by molar-refractivity contribution is -0.386. The van der Waals surface area contributed by atoms with Gasteiger partial charge in [0.25, 0.3) is 0 Å². The van der Waals surface area contributed by atoms with Gasteiger partial charge < -0.3 is 15.7 Å². The molecule has 1 atom stereocenters. The number of anilines is 1. The molecule has 1 aromatic carbocycles. The van der Waals surface area contributed by atoms with Crippen LogP contribution >= 0.6 is 0 Å². The molecule has 0 amide bonds. The fourth-order valence-electron chi connectivity index (χ4n) is 2.19. The highest BCUT2D eigenvalue weighted by Gasteiger charge is 2.43. The first-order chi connectivity index (χ1) is 9.24. The van der Waals surface area contributed by atoms with E-state index >= 15 is 0 Å². The second kappa shape index (κ2) is 4.67. The van der Waals surface area contributed by atoms with E-state index in [1.54, 1.807) is 0 Å². The van der Waals surface area contributed by atoms with Crippen molar-refractivity contribution in [1.82, 2.24) is 0 Å². The van der Waals surface area contributed by atoms with E-state index in [0.29, 0.717) is 6.07 Å². The molecule has 7 nitrogen and oxygen atoms in total. The lowest BCUT2D eigenvalue weighted by Gasteiger charge is -2.21. The number of nitrogens with zero attached hydrogens (tertiary/aromatic N) is 2. The molecule has 0 bridgehead atoms. The summed E-state index contributed by atoms with van der Waals surface area (Å²) in [7, 11) is 0. The van der Waals surface area contributed by atoms with Gasteiger partial charge in [-0.05, 0) is 6.42 Å². The van der Waals surface area contributed by atoms with Gasteiger partial charge in [-0.3, -0.25) is 14.9 Å². The van der Waals surface area contributed by atoms with E-state index in [1.165, 1.54) is 4.90 Å². The predicted octanol–water partition coefficient (Wildman–Crippen LogP) is 0.865. The molecule has 0 radical (unpaired) electrons. The molecule has 3 N–H and O–H groups in total. The predicted molar refractivity (Wildman–Crippen MR) is 64.4 cm³/mol. The Hall–Kier alpha value is -2.29. The monoisotopic (exact) mass is 287 g/mol. The first-order valence-electron chi connectivity index (χ1n) is 5.65. The number of benzene rings is 1. The van der Waals surface area contributed by atoms with E-state index in [0.717, 1.165) is 6.07 Å². The quantitative estimate of drug-likeness (QED) is 0.630. The molecule has 0 aromatic heterocycles. The number of nitrogens with two attached hydrogens (primary N) is 1. The topological polar surface area (TPSA) is 110 Å². The number of hydrogen-bond acceptors (Lipinski definition) is 5. The van der Waals surface area contributed by atoms with Gasteiger partial charge in [0, 0.05) is 25.2 Å². The van der Waals surface area contributed by atoms with Gasteiger partial charge in [0.2, 0.25) is 5.82 Å². The van der Waals surface area contributed by atoms with E-state index < -0.39 is 33.8 Å². The zero-order valence-corrected chi connectivity index (χ0v) is 10.2. The normalized spacial score (nSPS) is 22.1. The van der Waals surface area contributed by atoms with E-state index in [1.807, 2.05) is 0 Å². The Morgan fingerprint density at radius 2 is 2.15 bits per heavy atom. The Morgan fingerprint density at radius 1 is 1.50 bits per heavy atom. The van der Waals surface area contributed by atoms with Crippen LogP contribution in [0, 0.1) is 21.7 Å². The number of carboxylic acids is 1. The number of halogens is 2. The number of nitro benzene ring substituents is 1. The minimum absolute atomic E-state index is 0.0254. The third kappa shape index (κ3) is 2.27. The van der Waals surface area contributed by atoms with Gasteiger partial charge >= 0.3 is 11.7 Å². The van der Waals surface area contributed by atoms with Crippen molar-refractivity contribution in [1.29, 1.82) is 0 Å². The zero-order chi connectivity index (χ0) is 15.1. The lowest BCUT2D eigenvalue weighted by Crippen LogP contribution is -2.50. The molecule has 2 rings (SSSR count). The Balaban J connectivity index is 2.44. The number of aliphatic carboxylic acids is 1. The summed E-state index contributed by atoms with van der Waals surface area (Å²) >= 11 is 0. The van der Waals surface area contributed by atoms with Crippen molar-refractivity contribution in [2.75, 3.05) is 18.0 Å². The number of rotatable bonds is 3. The maximum atomic E-state index is 13.5. The number of nitro groups is 1. The fraction of sp³-hybridized carbons (Fsp3) is 0.364. The third-order valence-electron chi connectivity index (χ3n) is 3.26. The summed E-state index contributed by atoms with van der Waals surface area (Å²) in [6.45, 7) is -0.196. The van der Waals surface area contributed by atoms with E-state index in [4.69, 9.17) is 10.8 Å². The fourth-order valence-corrected chi connectivity index (χ4v) is 2.19. The summed E-state index contributed by atoms with van der Waals surface area (Å²) < 4.78 is 26.7. The summed E-state index contributed by atoms with van der Waals surface area (Å²) in [6, 6.07) is 1.21. The Labute approximate surface area is 111 Å². The van der Waals surface area contributed by atoms with Crippen LogP contribution in [0.2, 0.25) is 0 Å². The largest absolute Gasteiger partial charge is 0.480 e. The first kappa shape index (κ1) is 14.1. The lowest BCUT2D eigenvalue weighted by atomic mass is 10.0. The Morgan fingerprint density at radius 3 is 2.65 bits per heavy atom. The van der Waals surface area contributed by atoms with Crippen molar-refractivity contribution in [2.24, 2.45) is 5.73 Å². The van der Waals surface area contributed by atoms with Crippen LogP contribution < -0.4 is 10.6 Å². The molecule has 1 fully saturated rings. The van der Waals surface area contributed by atoms with Gasteiger partial charge in [-0.1, -0.05) is 0 Å². The molecule has 20 heavy (non-hydrogen) atoms. The van der Waals surface area contributed by atoms with E-state index in [2.05, 4.69) is 0 Å². The van der Waals surface area contributed by atoms with Crippen molar-refractivity contribution in [3.8, 4) is 0 Å². The first-order valence-corrected chi connectivity index (χ1v) is 5.65. The maximum absolute atomic E-state index is 13.5. The van der Waals surface area contributed by atoms with Crippen LogP contribution in [0.5, 0.6) is 0 Å². The van der Waals surface area contributed by atoms with Crippen LogP contribution in [-0.4, -0.2) is 34.6 Å². The standard InChI is InChI=1S/C11H11F2N3O4/c12-6-3-7(13)9(16(19)20)8(4-6)15-2-1-11(14,5-15)10(17)18/h3-4H,1-2,5,14H2,(H,17,18). The Bertz CT molecular complexity index is 595. The number of hydrogen-bond donors (Lipinski definition) is 2. The van der Waals surface area contributed by atoms with Crippen molar-refractivity contribution < 1.29 is 23.6 Å². The van der Waals surface area contributed by atoms with Crippen LogP contribution in [0.1, 0.15) is 6.42 Å². The van der Waals surface area contributed by atoms with E-state index in [9.17, 15) is 23.7 Å². The average Bonchev–Trinajstić information content (AvgIpc) is 2.71. The molecular weight excluding hydrogens is 276 g/mol. The number of carbonyl (C=O) groups is 1. The molecule has 108 valence electrons. The summed E-state index contributed by atoms with van der Waals surface area (Å²) in [4.78, 5) is 22.1. The van der Waals surface area contributed by atoms with Crippen molar-refractivity contribution in [2.45, 2.75) is 12.0 Å². The second-order valence-corrected chi connectivity index (χ2v) is 4.65. The van der Waals surface area contributed by atoms with Crippen molar-refractivity contribution in [3.05, 3.63) is 33.9 Å². The molecule has 1 aliphatic heterocycles. The Kier molecular flexibility index (Phi) is 3.30. The molecule has 1 aliphatic rings. The van der Waals surface area contributed by atoms with Gasteiger partial charge in [0.1, 0.15) is 17.0 Å². The summed E-state index contributed by atoms with van der Waals surface area (Å²) in [5, 5.41) is 19.9. The molecule has 0 spiro atoms. The second-order valence-electron chi connectivity index (χ2n) is 4.65. The molecule has 1 unspecified atom stereocenters. The van der Waals surface area contributed by atoms with Gasteiger partial charge in [-0.25, -0.2) is 4.39 Å². The van der Waals surface area contributed by atoms with E-state index in [-0.39, 0.29) is 25.2 Å². The zero-order valence-electron chi connectivity index (χ0n) is 10.2. The molecule has 1 heterocycles.